The molecule has 1 aliphatic heterocycles. The fraction of sp³-hybridized carbons (Fsp3) is 0.525. The Kier molecular flexibility index (Phi) is 14.4. The van der Waals surface area contributed by atoms with Crippen molar-refractivity contribution in [3.05, 3.63) is 90.5 Å². The molecule has 1 unspecified atom stereocenters. The van der Waals surface area contributed by atoms with Gasteiger partial charge in [-0.15, -0.1) is 0 Å². The molecule has 2 N–H and O–H groups in total. The lowest BCUT2D eigenvalue weighted by Crippen LogP contribution is -2.66. The Bertz CT molecular complexity index is 1400. The molecule has 0 bridgehead atoms. The summed E-state index contributed by atoms with van der Waals surface area (Å²) in [6.45, 7) is 13.9. The van der Waals surface area contributed by atoms with Gasteiger partial charge in [0, 0.05) is 6.61 Å². The van der Waals surface area contributed by atoms with Gasteiger partial charge in [-0.3, -0.25) is 4.79 Å². The Hall–Kier alpha value is -2.84. The molecule has 0 saturated carbocycles. The number of aliphatic hydroxyl groups is 1. The van der Waals surface area contributed by atoms with Crippen LogP contribution in [0.4, 0.5) is 0 Å². The maximum Gasteiger partial charge on any atom is 0.305 e. The minimum Gasteiger partial charge on any atom is -0.497 e. The highest BCUT2D eigenvalue weighted by atomic mass is 28.4. The molecule has 1 saturated heterocycles. The van der Waals surface area contributed by atoms with Crippen molar-refractivity contribution in [2.75, 3.05) is 13.7 Å². The lowest BCUT2D eigenvalue weighted by molar-refractivity contribution is -0.141. The lowest BCUT2D eigenvalue weighted by atomic mass is 9.93. The van der Waals surface area contributed by atoms with E-state index in [2.05, 4.69) is 88.9 Å². The second-order valence-corrected chi connectivity index (χ2v) is 24.3. The molecule has 3 aromatic carbocycles. The quantitative estimate of drug-likeness (QED) is 0.136. The average molecular weight is 723 g/mol. The van der Waals surface area contributed by atoms with Gasteiger partial charge in [0.05, 0.1) is 50.7 Å². The first-order chi connectivity index (χ1) is 23.7. The monoisotopic (exact) mass is 722 g/mol. The molecule has 0 radical (unpaired) electrons. The van der Waals surface area contributed by atoms with Gasteiger partial charge >= 0.3 is 5.97 Å². The van der Waals surface area contributed by atoms with Gasteiger partial charge in [-0.2, -0.15) is 0 Å². The highest BCUT2D eigenvalue weighted by Crippen LogP contribution is 2.37. The number of hydrogen-bond acceptors (Lipinski definition) is 7. The first-order valence-electron chi connectivity index (χ1n) is 17.9. The minimum absolute atomic E-state index is 0.0852. The zero-order valence-electron chi connectivity index (χ0n) is 31.0. The van der Waals surface area contributed by atoms with Crippen LogP contribution in [0.1, 0.15) is 64.9 Å². The van der Waals surface area contributed by atoms with E-state index in [1.54, 1.807) is 7.11 Å². The van der Waals surface area contributed by atoms with Gasteiger partial charge in [0.15, 0.2) is 8.32 Å². The van der Waals surface area contributed by atoms with Gasteiger partial charge in [0.2, 0.25) is 0 Å². The van der Waals surface area contributed by atoms with Gasteiger partial charge in [0.1, 0.15) is 5.75 Å². The predicted molar refractivity (Wildman–Crippen MR) is 203 cm³/mol. The number of aliphatic hydroxyl groups excluding tert-OH is 1. The van der Waals surface area contributed by atoms with Crippen LogP contribution in [0.3, 0.4) is 0 Å². The van der Waals surface area contributed by atoms with Gasteiger partial charge in [0.25, 0.3) is 8.32 Å². The molecule has 1 fully saturated rings. The van der Waals surface area contributed by atoms with Crippen molar-refractivity contribution in [3.8, 4) is 5.75 Å². The Morgan fingerprint density at radius 2 is 1.40 bits per heavy atom. The maximum absolute atomic E-state index is 11.7. The number of carboxylic acid groups (broad SMARTS) is 1. The Morgan fingerprint density at radius 1 is 0.860 bits per heavy atom. The molecule has 1 aliphatic rings. The molecule has 0 aromatic heterocycles. The number of carboxylic acids is 1. The predicted octanol–water partition coefficient (Wildman–Crippen LogP) is 6.93. The van der Waals surface area contributed by atoms with E-state index in [0.717, 1.165) is 11.3 Å². The van der Waals surface area contributed by atoms with E-state index in [1.165, 1.54) is 10.4 Å². The first kappa shape index (κ1) is 39.9. The van der Waals surface area contributed by atoms with Crippen LogP contribution in [0.5, 0.6) is 5.75 Å². The molecule has 8 nitrogen and oxygen atoms in total. The van der Waals surface area contributed by atoms with Crippen LogP contribution in [-0.4, -0.2) is 77.1 Å². The van der Waals surface area contributed by atoms with Crippen LogP contribution in [-0.2, 0) is 29.7 Å². The summed E-state index contributed by atoms with van der Waals surface area (Å²) in [7, 11) is -3.08. The van der Waals surface area contributed by atoms with E-state index in [4.69, 9.17) is 23.1 Å². The van der Waals surface area contributed by atoms with Crippen molar-refractivity contribution in [2.24, 2.45) is 0 Å². The summed E-state index contributed by atoms with van der Waals surface area (Å²) in [6, 6.07) is 29.1. The number of carbonyl (C=O) groups is 1. The molecule has 274 valence electrons. The van der Waals surface area contributed by atoms with E-state index in [1.807, 2.05) is 36.4 Å². The molecule has 4 rings (SSSR count). The third-order valence-electron chi connectivity index (χ3n) is 9.25. The Balaban J connectivity index is 1.54. The van der Waals surface area contributed by atoms with Crippen molar-refractivity contribution >= 4 is 33.0 Å². The molecule has 5 atom stereocenters. The molecular weight excluding hydrogens is 665 g/mol. The second kappa shape index (κ2) is 18.1. The smallest absolute Gasteiger partial charge is 0.305 e. The number of hydrogen-bond donors (Lipinski definition) is 2. The normalized spacial score (nSPS) is 19.9. The van der Waals surface area contributed by atoms with Crippen molar-refractivity contribution in [2.45, 2.75) is 121 Å². The van der Waals surface area contributed by atoms with Gasteiger partial charge in [-0.25, -0.2) is 0 Å². The SMILES string of the molecule is COc1ccc(CO[C@H](CCO[Si](c2ccccc2)(c2ccccc2)C(C)(C)C)C[C@@H]2C[C@@H](O)C[C@H](CC(CC(=O)O)O[Si](C)(C)C)O2)cc1. The highest BCUT2D eigenvalue weighted by Gasteiger charge is 2.50. The summed E-state index contributed by atoms with van der Waals surface area (Å²) in [4.78, 5) is 11.7. The number of rotatable bonds is 18. The van der Waals surface area contributed by atoms with E-state index < -0.39 is 34.8 Å². The average Bonchev–Trinajstić information content (AvgIpc) is 3.04. The molecule has 10 heteroatoms. The topological polar surface area (TPSA) is 104 Å². The number of aliphatic carboxylic acids is 1. The standard InChI is InChI=1S/C40H58O8Si2/c1-40(2,3)50(37-14-10-8-11-15-37,38-16-12-9-13-17-38)46-23-22-33(45-29-30-18-20-32(44-4)21-19-30)26-34-24-31(41)25-35(47-34)27-36(28-39(42)43)48-49(5,6)7/h8-21,31,33-36,41H,22-29H2,1-7H3,(H,42,43)/t31-,33-,34+,35-,36?/m1/s1. The summed E-state index contributed by atoms with van der Waals surface area (Å²) >= 11 is 0. The number of methoxy groups -OCH3 is 1. The van der Waals surface area contributed by atoms with E-state index >= 15 is 0 Å². The van der Waals surface area contributed by atoms with Crippen molar-refractivity contribution in [1.82, 2.24) is 0 Å². The van der Waals surface area contributed by atoms with Crippen LogP contribution in [0.25, 0.3) is 0 Å². The summed E-state index contributed by atoms with van der Waals surface area (Å²) in [5, 5.41) is 22.8. The molecule has 50 heavy (non-hydrogen) atoms. The van der Waals surface area contributed by atoms with Crippen molar-refractivity contribution in [1.29, 1.82) is 0 Å². The molecular formula is C40H58O8Si2. The van der Waals surface area contributed by atoms with Crippen LogP contribution in [0.15, 0.2) is 84.9 Å². The highest BCUT2D eigenvalue weighted by molar-refractivity contribution is 6.99. The van der Waals surface area contributed by atoms with E-state index in [0.29, 0.717) is 45.3 Å². The van der Waals surface area contributed by atoms with Crippen molar-refractivity contribution < 1.29 is 38.1 Å². The summed E-state index contributed by atoms with van der Waals surface area (Å²) < 4.78 is 32.0. The molecule has 0 aliphatic carbocycles. The van der Waals surface area contributed by atoms with Crippen molar-refractivity contribution in [3.63, 3.8) is 0 Å². The third kappa shape index (κ3) is 11.6. The number of ether oxygens (including phenoxy) is 3. The lowest BCUT2D eigenvalue weighted by Gasteiger charge is -2.43. The summed E-state index contributed by atoms with van der Waals surface area (Å²) in [5.74, 6) is -0.104. The van der Waals surface area contributed by atoms with Crippen LogP contribution >= 0.6 is 0 Å². The number of benzene rings is 3. The molecule has 0 spiro atoms. The zero-order valence-corrected chi connectivity index (χ0v) is 33.0. The maximum atomic E-state index is 11.7. The third-order valence-corrected chi connectivity index (χ3v) is 15.3. The first-order valence-corrected chi connectivity index (χ1v) is 23.2. The van der Waals surface area contributed by atoms with Gasteiger partial charge in [-0.05, 0) is 84.9 Å². The molecule has 0 amide bonds. The zero-order chi connectivity index (χ0) is 36.4. The van der Waals surface area contributed by atoms with Crippen LogP contribution in [0.2, 0.25) is 24.7 Å². The largest absolute Gasteiger partial charge is 0.497 e. The molecule has 3 aromatic rings. The second-order valence-electron chi connectivity index (χ2n) is 15.5. The Labute approximate surface area is 301 Å². The summed E-state index contributed by atoms with van der Waals surface area (Å²) in [6.07, 6.45) is 0.728. The molecule has 1 heterocycles. The van der Waals surface area contributed by atoms with Gasteiger partial charge in [-0.1, -0.05) is 93.6 Å². The fourth-order valence-corrected chi connectivity index (χ4v) is 12.9. The van der Waals surface area contributed by atoms with Crippen LogP contribution < -0.4 is 15.1 Å². The fourth-order valence-electron chi connectivity index (χ4n) is 7.15. The van der Waals surface area contributed by atoms with Gasteiger partial charge < -0.3 is 33.3 Å². The minimum atomic E-state index is -2.74. The Morgan fingerprint density at radius 3 is 1.88 bits per heavy atom. The van der Waals surface area contributed by atoms with Crippen LogP contribution in [0, 0.1) is 0 Å². The van der Waals surface area contributed by atoms with E-state index in [-0.39, 0.29) is 29.8 Å². The van der Waals surface area contributed by atoms with E-state index in [9.17, 15) is 15.0 Å². The summed E-state index contributed by atoms with van der Waals surface area (Å²) in [5.41, 5.74) is 1.03.